The van der Waals surface area contributed by atoms with E-state index >= 15 is 0 Å². The first kappa shape index (κ1) is 20.2. The molecule has 0 amide bonds. The minimum atomic E-state index is -0.146. The van der Waals surface area contributed by atoms with Crippen LogP contribution in [0.15, 0.2) is 77.2 Å². The number of aromatic nitrogens is 2. The number of nitrogens with one attached hydrogen (secondary N) is 1. The molecule has 0 aliphatic heterocycles. The van der Waals surface area contributed by atoms with Crippen LogP contribution < -0.4 is 10.1 Å². The molecule has 0 fully saturated rings. The van der Waals surface area contributed by atoms with Gasteiger partial charge in [0.2, 0.25) is 11.8 Å². The van der Waals surface area contributed by atoms with E-state index in [1.165, 1.54) is 5.56 Å². The first-order valence-corrected chi connectivity index (χ1v) is 9.99. The van der Waals surface area contributed by atoms with Crippen molar-refractivity contribution in [3.8, 4) is 23.3 Å². The molecular formula is C25H22N4O2. The van der Waals surface area contributed by atoms with Gasteiger partial charge in [-0.2, -0.15) is 5.26 Å². The SMILES string of the molecule is Cc1ccc(-c2nnc(C(C)Nc3ccc(OCc4cccc(C#N)c4)cc3)o2)cc1. The number of nitrogens with zero attached hydrogens (tertiary/aromatic N) is 3. The molecule has 6 heteroatoms. The quantitative estimate of drug-likeness (QED) is 0.423. The van der Waals surface area contributed by atoms with Crippen LogP contribution in [0.1, 0.15) is 35.5 Å². The fraction of sp³-hybridized carbons (Fsp3) is 0.160. The highest BCUT2D eigenvalue weighted by Gasteiger charge is 2.15. The summed E-state index contributed by atoms with van der Waals surface area (Å²) in [6.07, 6.45) is 0. The molecule has 154 valence electrons. The standard InChI is InChI=1S/C25H22N4O2/c1-17-6-8-21(9-7-17)25-29-28-24(31-25)18(2)27-22-10-12-23(13-11-22)30-16-20-5-3-4-19(14-20)15-26/h3-14,18,27H,16H2,1-2H3. The molecule has 1 unspecified atom stereocenters. The van der Waals surface area contributed by atoms with Gasteiger partial charge in [0, 0.05) is 11.3 Å². The zero-order valence-electron chi connectivity index (χ0n) is 17.4. The third-order valence-corrected chi connectivity index (χ3v) is 4.81. The predicted octanol–water partition coefficient (Wildman–Crippen LogP) is 5.67. The topological polar surface area (TPSA) is 84.0 Å². The fourth-order valence-corrected chi connectivity index (χ4v) is 3.08. The van der Waals surface area contributed by atoms with Crippen LogP contribution in [0.2, 0.25) is 0 Å². The molecule has 0 aliphatic rings. The van der Waals surface area contributed by atoms with E-state index in [1.807, 2.05) is 80.6 Å². The number of ether oxygens (including phenoxy) is 1. The molecule has 3 aromatic carbocycles. The molecule has 0 radical (unpaired) electrons. The second-order valence-corrected chi connectivity index (χ2v) is 7.30. The van der Waals surface area contributed by atoms with E-state index in [1.54, 1.807) is 6.07 Å². The van der Waals surface area contributed by atoms with E-state index in [9.17, 15) is 0 Å². The van der Waals surface area contributed by atoms with Gasteiger partial charge in [-0.25, -0.2) is 0 Å². The second kappa shape index (κ2) is 9.14. The minimum absolute atomic E-state index is 0.146. The molecule has 1 aromatic heterocycles. The van der Waals surface area contributed by atoms with Crippen LogP contribution in [-0.2, 0) is 6.61 Å². The molecule has 0 spiro atoms. The van der Waals surface area contributed by atoms with Crippen molar-refractivity contribution in [2.45, 2.75) is 26.5 Å². The highest BCUT2D eigenvalue weighted by molar-refractivity contribution is 5.53. The van der Waals surface area contributed by atoms with Crippen LogP contribution in [0.25, 0.3) is 11.5 Å². The Labute approximate surface area is 181 Å². The number of aryl methyl sites for hydroxylation is 1. The lowest BCUT2D eigenvalue weighted by Gasteiger charge is -2.12. The Morgan fingerprint density at radius 1 is 1.03 bits per heavy atom. The van der Waals surface area contributed by atoms with Crippen LogP contribution in [0.4, 0.5) is 5.69 Å². The first-order valence-electron chi connectivity index (χ1n) is 9.99. The van der Waals surface area contributed by atoms with Crippen molar-refractivity contribution in [3.63, 3.8) is 0 Å². The molecule has 0 saturated carbocycles. The lowest BCUT2D eigenvalue weighted by Crippen LogP contribution is -2.07. The van der Waals surface area contributed by atoms with Gasteiger partial charge < -0.3 is 14.5 Å². The van der Waals surface area contributed by atoms with Crippen molar-refractivity contribution in [1.29, 1.82) is 5.26 Å². The maximum Gasteiger partial charge on any atom is 0.247 e. The van der Waals surface area contributed by atoms with Gasteiger partial charge in [-0.3, -0.25) is 0 Å². The van der Waals surface area contributed by atoms with Gasteiger partial charge in [-0.05, 0) is 67.9 Å². The summed E-state index contributed by atoms with van der Waals surface area (Å²) in [7, 11) is 0. The Hall–Kier alpha value is -4.11. The molecular weight excluding hydrogens is 388 g/mol. The van der Waals surface area contributed by atoms with Crippen molar-refractivity contribution in [2.75, 3.05) is 5.32 Å². The first-order chi connectivity index (χ1) is 15.1. The van der Waals surface area contributed by atoms with E-state index in [4.69, 9.17) is 14.4 Å². The molecule has 1 N–H and O–H groups in total. The van der Waals surface area contributed by atoms with Crippen molar-refractivity contribution in [2.24, 2.45) is 0 Å². The Bertz CT molecular complexity index is 1190. The van der Waals surface area contributed by atoms with E-state index in [0.29, 0.717) is 24.0 Å². The van der Waals surface area contributed by atoms with Crippen LogP contribution in [0.3, 0.4) is 0 Å². The fourth-order valence-electron chi connectivity index (χ4n) is 3.08. The van der Waals surface area contributed by atoms with Gasteiger partial charge in [0.15, 0.2) is 0 Å². The molecule has 4 aromatic rings. The third-order valence-electron chi connectivity index (χ3n) is 4.81. The minimum Gasteiger partial charge on any atom is -0.489 e. The summed E-state index contributed by atoms with van der Waals surface area (Å²) in [6, 6.07) is 25.0. The average molecular weight is 410 g/mol. The zero-order chi connectivity index (χ0) is 21.6. The number of benzene rings is 3. The van der Waals surface area contributed by atoms with E-state index < -0.39 is 0 Å². The molecule has 0 aliphatic carbocycles. The van der Waals surface area contributed by atoms with Gasteiger partial charge in [-0.1, -0.05) is 29.8 Å². The summed E-state index contributed by atoms with van der Waals surface area (Å²) in [5.41, 5.74) is 4.58. The van der Waals surface area contributed by atoms with Crippen LogP contribution >= 0.6 is 0 Å². The highest BCUT2D eigenvalue weighted by atomic mass is 16.5. The molecule has 1 heterocycles. The largest absolute Gasteiger partial charge is 0.489 e. The van der Waals surface area contributed by atoms with E-state index in [-0.39, 0.29) is 6.04 Å². The Morgan fingerprint density at radius 2 is 1.81 bits per heavy atom. The zero-order valence-corrected chi connectivity index (χ0v) is 17.4. The van der Waals surface area contributed by atoms with Gasteiger partial charge in [0.1, 0.15) is 18.4 Å². The van der Waals surface area contributed by atoms with Crippen LogP contribution in [-0.4, -0.2) is 10.2 Å². The summed E-state index contributed by atoms with van der Waals surface area (Å²) in [6.45, 7) is 4.42. The van der Waals surface area contributed by atoms with Gasteiger partial charge in [0.05, 0.1) is 11.6 Å². The van der Waals surface area contributed by atoms with Crippen molar-refractivity contribution in [3.05, 3.63) is 95.4 Å². The average Bonchev–Trinajstić information content (AvgIpc) is 3.30. The summed E-state index contributed by atoms with van der Waals surface area (Å²) >= 11 is 0. The Kier molecular flexibility index (Phi) is 5.95. The number of nitriles is 1. The number of hydrogen-bond donors (Lipinski definition) is 1. The lowest BCUT2D eigenvalue weighted by molar-refractivity contribution is 0.306. The monoisotopic (exact) mass is 410 g/mol. The van der Waals surface area contributed by atoms with Crippen molar-refractivity contribution >= 4 is 5.69 Å². The van der Waals surface area contributed by atoms with E-state index in [2.05, 4.69) is 21.6 Å². The molecule has 4 rings (SSSR count). The molecule has 31 heavy (non-hydrogen) atoms. The van der Waals surface area contributed by atoms with Crippen molar-refractivity contribution in [1.82, 2.24) is 10.2 Å². The molecule has 1 atom stereocenters. The van der Waals surface area contributed by atoms with Gasteiger partial charge in [-0.15, -0.1) is 10.2 Å². The molecule has 0 bridgehead atoms. The third kappa shape index (κ3) is 5.09. The maximum atomic E-state index is 8.99. The summed E-state index contributed by atoms with van der Waals surface area (Å²) in [4.78, 5) is 0. The number of anilines is 1. The number of rotatable bonds is 7. The predicted molar refractivity (Wildman–Crippen MR) is 118 cm³/mol. The lowest BCUT2D eigenvalue weighted by atomic mass is 10.1. The van der Waals surface area contributed by atoms with Gasteiger partial charge >= 0.3 is 0 Å². The van der Waals surface area contributed by atoms with Crippen LogP contribution in [0.5, 0.6) is 5.75 Å². The summed E-state index contributed by atoms with van der Waals surface area (Å²) < 4.78 is 11.7. The highest BCUT2D eigenvalue weighted by Crippen LogP contribution is 2.24. The van der Waals surface area contributed by atoms with Crippen LogP contribution in [0, 0.1) is 18.3 Å². The summed E-state index contributed by atoms with van der Waals surface area (Å²) in [5, 5.41) is 20.7. The molecule has 6 nitrogen and oxygen atoms in total. The smallest absolute Gasteiger partial charge is 0.247 e. The maximum absolute atomic E-state index is 8.99. The Morgan fingerprint density at radius 3 is 2.55 bits per heavy atom. The normalized spacial score (nSPS) is 11.5. The van der Waals surface area contributed by atoms with Crippen molar-refractivity contribution < 1.29 is 9.15 Å². The van der Waals surface area contributed by atoms with E-state index in [0.717, 1.165) is 22.6 Å². The Balaban J connectivity index is 1.35. The van der Waals surface area contributed by atoms with Gasteiger partial charge in [0.25, 0.3) is 0 Å². The summed E-state index contributed by atoms with van der Waals surface area (Å²) in [5.74, 6) is 1.78. The number of hydrogen-bond acceptors (Lipinski definition) is 6. The molecule has 0 saturated heterocycles. The second-order valence-electron chi connectivity index (χ2n) is 7.30.